The second-order valence-corrected chi connectivity index (χ2v) is 8.30. The van der Waals surface area contributed by atoms with Gasteiger partial charge in [0, 0.05) is 41.1 Å². The van der Waals surface area contributed by atoms with Gasteiger partial charge in [-0.3, -0.25) is 4.79 Å². The number of likely N-dealkylation sites (N-methyl/N-ethyl adjacent to an activating group) is 1. The molecule has 0 spiro atoms. The van der Waals surface area contributed by atoms with Gasteiger partial charge in [0.1, 0.15) is 0 Å². The van der Waals surface area contributed by atoms with E-state index in [9.17, 15) is 14.0 Å². The number of hydrogen-bond acceptors (Lipinski definition) is 5. The van der Waals surface area contributed by atoms with Crippen LogP contribution in [0.4, 0.5) is 14.9 Å². The van der Waals surface area contributed by atoms with Crippen LogP contribution in [0.25, 0.3) is 11.1 Å². The molecule has 2 N–H and O–H groups in total. The van der Waals surface area contributed by atoms with Gasteiger partial charge in [0.05, 0.1) is 13.2 Å². The molecule has 0 aliphatic heterocycles. The summed E-state index contributed by atoms with van der Waals surface area (Å²) in [5, 5.41) is 0. The van der Waals surface area contributed by atoms with Crippen LogP contribution in [-0.4, -0.2) is 37.0 Å². The zero-order chi connectivity index (χ0) is 23.3. The number of halogens is 1. The van der Waals surface area contributed by atoms with Gasteiger partial charge in [-0.05, 0) is 24.0 Å². The summed E-state index contributed by atoms with van der Waals surface area (Å²) in [7, 11) is 2.89. The lowest BCUT2D eigenvalue weighted by molar-refractivity contribution is 0.0611. The van der Waals surface area contributed by atoms with Crippen LogP contribution >= 0.6 is 0 Å². The van der Waals surface area contributed by atoms with Gasteiger partial charge in [0.15, 0.2) is 23.5 Å². The molecule has 3 aromatic carbocycles. The molecule has 0 bridgehead atoms. The Morgan fingerprint density at radius 1 is 1.09 bits per heavy atom. The molecule has 0 heterocycles. The summed E-state index contributed by atoms with van der Waals surface area (Å²) < 4.78 is 25.3. The minimum Gasteiger partial charge on any atom is -0.493 e. The third-order valence-corrected chi connectivity index (χ3v) is 6.54. The molecule has 0 saturated heterocycles. The van der Waals surface area contributed by atoms with Crippen LogP contribution in [0.1, 0.15) is 39.6 Å². The number of ether oxygens (including phenoxy) is 2. The molecule has 1 amide bonds. The van der Waals surface area contributed by atoms with Gasteiger partial charge in [0.2, 0.25) is 0 Å². The van der Waals surface area contributed by atoms with Gasteiger partial charge in [0.25, 0.3) is 0 Å². The molecule has 0 fully saturated rings. The first-order chi connectivity index (χ1) is 15.9. The van der Waals surface area contributed by atoms with Crippen LogP contribution < -0.4 is 10.5 Å². The Morgan fingerprint density at radius 3 is 2.30 bits per heavy atom. The lowest BCUT2D eigenvalue weighted by Crippen LogP contribution is -2.45. The fourth-order valence-electron chi connectivity index (χ4n) is 4.95. The molecule has 2 aliphatic carbocycles. The predicted octanol–water partition coefficient (Wildman–Crippen LogP) is 4.75. The lowest BCUT2D eigenvalue weighted by atomic mass is 9.84. The van der Waals surface area contributed by atoms with Gasteiger partial charge >= 0.3 is 6.09 Å². The second kappa shape index (κ2) is 7.92. The number of rotatable bonds is 3. The smallest absolute Gasteiger partial charge is 0.411 e. The summed E-state index contributed by atoms with van der Waals surface area (Å²) in [6, 6.07) is 15.9. The van der Waals surface area contributed by atoms with Crippen molar-refractivity contribution in [2.45, 2.75) is 25.0 Å². The molecule has 1 unspecified atom stereocenters. The molecule has 0 saturated carbocycles. The Balaban J connectivity index is 1.42. The molecule has 33 heavy (non-hydrogen) atoms. The normalized spacial score (nSPS) is 16.6. The van der Waals surface area contributed by atoms with Crippen molar-refractivity contribution >= 4 is 17.6 Å². The van der Waals surface area contributed by atoms with Gasteiger partial charge in [-0.2, -0.15) is 0 Å². The van der Waals surface area contributed by atoms with E-state index in [0.29, 0.717) is 18.4 Å². The van der Waals surface area contributed by atoms with Crippen molar-refractivity contribution < 1.29 is 23.5 Å². The van der Waals surface area contributed by atoms with Crippen LogP contribution in [0.5, 0.6) is 5.75 Å². The third kappa shape index (κ3) is 3.23. The first-order valence-corrected chi connectivity index (χ1v) is 10.7. The topological polar surface area (TPSA) is 81.9 Å². The van der Waals surface area contributed by atoms with E-state index in [1.807, 2.05) is 48.5 Å². The van der Waals surface area contributed by atoms with Crippen molar-refractivity contribution in [3.05, 3.63) is 82.7 Å². The maximum Gasteiger partial charge on any atom is 0.411 e. The number of fused-ring (bicyclic) bond motifs is 4. The molecule has 1 atom stereocenters. The lowest BCUT2D eigenvalue weighted by Gasteiger charge is -2.32. The molecule has 5 rings (SSSR count). The number of Topliss-reactive ketones (excluding diaryl/α,β-unsaturated/α-hetero) is 1. The van der Waals surface area contributed by atoms with Crippen LogP contribution in [0, 0.1) is 5.82 Å². The van der Waals surface area contributed by atoms with Crippen molar-refractivity contribution in [3.8, 4) is 16.9 Å². The molecular weight excluding hydrogens is 423 g/mol. The van der Waals surface area contributed by atoms with Gasteiger partial charge < -0.3 is 20.1 Å². The van der Waals surface area contributed by atoms with Gasteiger partial charge in [-0.1, -0.05) is 48.5 Å². The zero-order valence-electron chi connectivity index (χ0n) is 18.3. The van der Waals surface area contributed by atoms with Crippen molar-refractivity contribution in [1.82, 2.24) is 4.90 Å². The highest BCUT2D eigenvalue weighted by Gasteiger charge is 2.39. The number of amides is 1. The highest BCUT2D eigenvalue weighted by atomic mass is 19.1. The van der Waals surface area contributed by atoms with Crippen molar-refractivity contribution in [2.75, 3.05) is 19.9 Å². The Kier molecular flexibility index (Phi) is 5.04. The molecule has 3 aromatic rings. The number of nitrogen functional groups attached to an aromatic ring is 1. The second-order valence-electron chi connectivity index (χ2n) is 8.30. The van der Waals surface area contributed by atoms with E-state index in [-0.39, 0.29) is 22.8 Å². The number of methoxy groups -OCH3 is 1. The van der Waals surface area contributed by atoms with Crippen molar-refractivity contribution in [1.29, 1.82) is 0 Å². The molecule has 0 radical (unpaired) electrons. The third-order valence-electron chi connectivity index (χ3n) is 6.54. The fourth-order valence-corrected chi connectivity index (χ4v) is 4.95. The van der Waals surface area contributed by atoms with Crippen LogP contribution in [0.2, 0.25) is 0 Å². The Bertz CT molecular complexity index is 1240. The molecule has 0 aromatic heterocycles. The summed E-state index contributed by atoms with van der Waals surface area (Å²) >= 11 is 0. The monoisotopic (exact) mass is 446 g/mol. The quantitative estimate of drug-likeness (QED) is 0.587. The minimum absolute atomic E-state index is 0.0235. The van der Waals surface area contributed by atoms with Gasteiger partial charge in [-0.25, -0.2) is 9.18 Å². The van der Waals surface area contributed by atoms with Gasteiger partial charge in [-0.15, -0.1) is 0 Å². The summed E-state index contributed by atoms with van der Waals surface area (Å²) in [6.45, 7) is 0. The standard InChI is InChI=1S/C26H23FN2O4/c1-29(21-12-11-18-22(23(21)30)20(28)13-19(27)25(18)32-2)26(31)33-24-16-9-5-3-7-14(16)15-8-4-6-10-17(15)24/h3-10,13,21,24H,11-12,28H2,1-2H3. The van der Waals surface area contributed by atoms with Crippen LogP contribution in [-0.2, 0) is 11.2 Å². The summed E-state index contributed by atoms with van der Waals surface area (Å²) in [6.07, 6.45) is -0.503. The van der Waals surface area contributed by atoms with E-state index in [4.69, 9.17) is 15.2 Å². The Morgan fingerprint density at radius 2 is 1.70 bits per heavy atom. The predicted molar refractivity (Wildman–Crippen MR) is 122 cm³/mol. The largest absolute Gasteiger partial charge is 0.493 e. The maximum absolute atomic E-state index is 14.2. The molecular formula is C26H23FN2O4. The molecule has 6 nitrogen and oxygen atoms in total. The first-order valence-electron chi connectivity index (χ1n) is 10.7. The fraction of sp³-hybridized carbons (Fsp3) is 0.231. The number of carbonyl (C=O) groups is 2. The van der Waals surface area contributed by atoms with Crippen LogP contribution in [0.3, 0.4) is 0 Å². The summed E-state index contributed by atoms with van der Waals surface area (Å²) in [4.78, 5) is 27.8. The number of carbonyl (C=O) groups excluding carboxylic acids is 2. The molecule has 2 aliphatic rings. The molecule has 168 valence electrons. The maximum atomic E-state index is 14.2. The highest BCUT2D eigenvalue weighted by molar-refractivity contribution is 6.08. The van der Waals surface area contributed by atoms with Crippen molar-refractivity contribution in [3.63, 3.8) is 0 Å². The van der Waals surface area contributed by atoms with E-state index < -0.39 is 24.1 Å². The highest BCUT2D eigenvalue weighted by Crippen LogP contribution is 2.45. The van der Waals surface area contributed by atoms with E-state index in [0.717, 1.165) is 28.3 Å². The zero-order valence-corrected chi connectivity index (χ0v) is 18.3. The number of hydrogen-bond donors (Lipinski definition) is 1. The van der Waals surface area contributed by atoms with E-state index in [1.54, 1.807) is 7.05 Å². The summed E-state index contributed by atoms with van der Waals surface area (Å²) in [5.74, 6) is -0.930. The SMILES string of the molecule is COc1c(F)cc(N)c2c1CCC(N(C)C(=O)OC1c3ccccc3-c3ccccc31)C2=O. The number of ketones is 1. The van der Waals surface area contributed by atoms with E-state index in [1.165, 1.54) is 12.0 Å². The Hall–Kier alpha value is -3.87. The van der Waals surface area contributed by atoms with E-state index >= 15 is 0 Å². The number of nitrogens with zero attached hydrogens (tertiary/aromatic N) is 1. The number of anilines is 1. The van der Waals surface area contributed by atoms with E-state index in [2.05, 4.69) is 0 Å². The van der Waals surface area contributed by atoms with Crippen molar-refractivity contribution in [2.24, 2.45) is 0 Å². The van der Waals surface area contributed by atoms with Crippen LogP contribution in [0.15, 0.2) is 54.6 Å². The number of benzene rings is 3. The average molecular weight is 446 g/mol. The Labute approximate surface area is 190 Å². The summed E-state index contributed by atoms with van der Waals surface area (Å²) in [5.41, 5.74) is 10.5. The minimum atomic E-state index is -0.769. The number of nitrogens with two attached hydrogens (primary N) is 1. The molecule has 7 heteroatoms. The first kappa shape index (κ1) is 21.0. The average Bonchev–Trinajstić information content (AvgIpc) is 3.12.